The van der Waals surface area contributed by atoms with Crippen molar-refractivity contribution < 1.29 is 24.2 Å². The fraction of sp³-hybridized carbons (Fsp3) is 0.800. The van der Waals surface area contributed by atoms with Gasteiger partial charge in [0.15, 0.2) is 0 Å². The van der Waals surface area contributed by atoms with Crippen LogP contribution >= 0.6 is 0 Å². The Morgan fingerprint density at radius 1 is 0.971 bits per heavy atom. The second kappa shape index (κ2) is 18.6. The van der Waals surface area contributed by atoms with Crippen molar-refractivity contribution >= 4 is 12.4 Å². The molecule has 5 nitrogen and oxygen atoms in total. The average molecular weight is 493 g/mol. The van der Waals surface area contributed by atoms with Crippen LogP contribution in [0.4, 0.5) is 0 Å². The molecule has 0 aliphatic heterocycles. The molecule has 202 valence electrons. The van der Waals surface area contributed by atoms with Crippen LogP contribution in [-0.4, -0.2) is 36.9 Å². The Bertz CT molecular complexity index is 608. The molecule has 0 amide bonds. The number of hydrogen-bond acceptors (Lipinski definition) is 5. The molecule has 0 aromatic rings. The maximum atomic E-state index is 11.6. The Kier molecular flexibility index (Phi) is 16.7. The molecule has 0 bridgehead atoms. The Morgan fingerprint density at radius 3 is 2.00 bits per heavy atom. The van der Waals surface area contributed by atoms with Crippen LogP contribution in [0.1, 0.15) is 111 Å². The van der Waals surface area contributed by atoms with Gasteiger partial charge in [-0.3, -0.25) is 4.79 Å². The third kappa shape index (κ3) is 13.9. The van der Waals surface area contributed by atoms with E-state index in [0.717, 1.165) is 24.2 Å². The van der Waals surface area contributed by atoms with Crippen LogP contribution in [0.3, 0.4) is 0 Å². The van der Waals surface area contributed by atoms with E-state index in [2.05, 4.69) is 20.1 Å². The summed E-state index contributed by atoms with van der Waals surface area (Å²) in [6.45, 7) is 13.5. The van der Waals surface area contributed by atoms with Crippen LogP contribution in [0.2, 0.25) is 0 Å². The zero-order valence-corrected chi connectivity index (χ0v) is 22.8. The minimum absolute atomic E-state index is 0.0428. The van der Waals surface area contributed by atoms with Gasteiger partial charge in [-0.15, -0.1) is 6.58 Å². The summed E-state index contributed by atoms with van der Waals surface area (Å²) < 4.78 is 10.4. The number of aliphatic hydroxyl groups excluding tert-OH is 1. The van der Waals surface area contributed by atoms with E-state index in [-0.39, 0.29) is 18.3 Å². The maximum absolute atomic E-state index is 11.6. The van der Waals surface area contributed by atoms with Gasteiger partial charge in [-0.2, -0.15) is 0 Å². The molecule has 2 aliphatic rings. The second-order valence-corrected chi connectivity index (χ2v) is 11.0. The largest absolute Gasteiger partial charge is 0.464 e. The molecule has 1 N–H and O–H groups in total. The van der Waals surface area contributed by atoms with Crippen molar-refractivity contribution in [3.8, 4) is 0 Å². The van der Waals surface area contributed by atoms with Crippen molar-refractivity contribution in [1.82, 2.24) is 0 Å². The summed E-state index contributed by atoms with van der Waals surface area (Å²) in [5, 5.41) is 8.92. The van der Waals surface area contributed by atoms with E-state index in [1.54, 1.807) is 0 Å². The van der Waals surface area contributed by atoms with Gasteiger partial charge in [-0.05, 0) is 69.6 Å². The van der Waals surface area contributed by atoms with Gasteiger partial charge in [0.1, 0.15) is 6.10 Å². The molecule has 0 heterocycles. The molecule has 0 aromatic heterocycles. The first kappa shape index (κ1) is 31.4. The van der Waals surface area contributed by atoms with E-state index in [0.29, 0.717) is 18.8 Å². The molecule has 35 heavy (non-hydrogen) atoms. The summed E-state index contributed by atoms with van der Waals surface area (Å²) in [4.78, 5) is 22.5. The normalized spacial score (nSPS) is 24.9. The van der Waals surface area contributed by atoms with Gasteiger partial charge in [-0.1, -0.05) is 70.4 Å². The van der Waals surface area contributed by atoms with Gasteiger partial charge in [-0.25, -0.2) is 4.79 Å². The summed E-state index contributed by atoms with van der Waals surface area (Å²) in [6.07, 6.45) is 17.4. The zero-order chi connectivity index (χ0) is 26.1. The molecule has 2 saturated carbocycles. The fourth-order valence-electron chi connectivity index (χ4n) is 5.67. The SMILES string of the molecule is C=C(C)C.C=C(CO)C(=O)OCCC(CC1CCC(C2CCC(CCCCC)CC2)CC1)OC=O. The number of esters is 1. The highest BCUT2D eigenvalue weighted by Crippen LogP contribution is 2.43. The van der Waals surface area contributed by atoms with E-state index >= 15 is 0 Å². The summed E-state index contributed by atoms with van der Waals surface area (Å²) in [5.74, 6) is 2.76. The van der Waals surface area contributed by atoms with E-state index in [9.17, 15) is 9.59 Å². The second-order valence-electron chi connectivity index (χ2n) is 11.0. The molecule has 0 saturated heterocycles. The lowest BCUT2D eigenvalue weighted by atomic mass is 9.68. The molecule has 0 aromatic carbocycles. The zero-order valence-electron chi connectivity index (χ0n) is 22.8. The van der Waals surface area contributed by atoms with Crippen molar-refractivity contribution in [3.05, 3.63) is 24.3 Å². The number of aliphatic hydroxyl groups is 1. The highest BCUT2D eigenvalue weighted by molar-refractivity contribution is 5.87. The molecule has 2 rings (SSSR count). The van der Waals surface area contributed by atoms with Gasteiger partial charge in [0.25, 0.3) is 6.47 Å². The van der Waals surface area contributed by atoms with Crippen LogP contribution in [0.5, 0.6) is 0 Å². The van der Waals surface area contributed by atoms with Gasteiger partial charge < -0.3 is 14.6 Å². The minimum Gasteiger partial charge on any atom is -0.464 e. The lowest BCUT2D eigenvalue weighted by Crippen LogP contribution is -2.28. The van der Waals surface area contributed by atoms with Crippen molar-refractivity contribution in [1.29, 1.82) is 0 Å². The summed E-state index contributed by atoms with van der Waals surface area (Å²) in [5.41, 5.74) is 1.21. The molecule has 2 fully saturated rings. The standard InChI is InChI=1S/C26H44O5.C4H8/c1-3-4-5-6-21-7-11-23(12-8-21)24-13-9-22(10-14-24)17-25(31-19-28)15-16-30-26(29)20(2)18-27;1-4(2)3/h19,21-25,27H,2-18H2,1H3;1H2,2-3H3. The predicted molar refractivity (Wildman–Crippen MR) is 143 cm³/mol. The monoisotopic (exact) mass is 492 g/mol. The van der Waals surface area contributed by atoms with Crippen LogP contribution in [0.15, 0.2) is 24.3 Å². The Balaban J connectivity index is 0.00000142. The molecule has 2 aliphatic carbocycles. The number of hydrogen-bond donors (Lipinski definition) is 1. The third-order valence-corrected chi connectivity index (χ3v) is 7.66. The molecule has 1 unspecified atom stereocenters. The molecule has 1 atom stereocenters. The summed E-state index contributed by atoms with van der Waals surface area (Å²) >= 11 is 0. The van der Waals surface area contributed by atoms with Crippen LogP contribution in [0.25, 0.3) is 0 Å². The van der Waals surface area contributed by atoms with E-state index in [1.165, 1.54) is 82.6 Å². The van der Waals surface area contributed by atoms with Crippen molar-refractivity contribution in [2.75, 3.05) is 13.2 Å². The lowest BCUT2D eigenvalue weighted by molar-refractivity contribution is -0.141. The third-order valence-electron chi connectivity index (χ3n) is 7.66. The highest BCUT2D eigenvalue weighted by atomic mass is 16.5. The number of unbranched alkanes of at least 4 members (excludes halogenated alkanes) is 2. The van der Waals surface area contributed by atoms with Gasteiger partial charge in [0.2, 0.25) is 0 Å². The fourth-order valence-corrected chi connectivity index (χ4v) is 5.67. The molecule has 5 heteroatoms. The summed E-state index contributed by atoms with van der Waals surface area (Å²) in [6, 6.07) is 0. The summed E-state index contributed by atoms with van der Waals surface area (Å²) in [7, 11) is 0. The average Bonchev–Trinajstić information content (AvgIpc) is 2.84. The van der Waals surface area contributed by atoms with Crippen molar-refractivity contribution in [2.45, 2.75) is 117 Å². The van der Waals surface area contributed by atoms with Crippen LogP contribution in [-0.2, 0) is 19.1 Å². The smallest absolute Gasteiger partial charge is 0.335 e. The van der Waals surface area contributed by atoms with Crippen molar-refractivity contribution in [3.63, 3.8) is 0 Å². The number of carbonyl (C=O) groups excluding carboxylic acids is 2. The van der Waals surface area contributed by atoms with Gasteiger partial charge in [0, 0.05) is 6.42 Å². The first-order chi connectivity index (χ1) is 16.8. The van der Waals surface area contributed by atoms with Gasteiger partial charge >= 0.3 is 5.97 Å². The molecular formula is C30H52O5. The Hall–Kier alpha value is -1.62. The highest BCUT2D eigenvalue weighted by Gasteiger charge is 2.31. The molecule has 0 radical (unpaired) electrons. The van der Waals surface area contributed by atoms with Crippen LogP contribution < -0.4 is 0 Å². The maximum Gasteiger partial charge on any atom is 0.335 e. The van der Waals surface area contributed by atoms with Crippen molar-refractivity contribution in [2.24, 2.45) is 23.7 Å². The van der Waals surface area contributed by atoms with E-state index < -0.39 is 12.6 Å². The van der Waals surface area contributed by atoms with E-state index in [4.69, 9.17) is 14.6 Å². The topological polar surface area (TPSA) is 72.8 Å². The van der Waals surface area contributed by atoms with E-state index in [1.807, 2.05) is 13.8 Å². The first-order valence-electron chi connectivity index (χ1n) is 14.0. The molecular weight excluding hydrogens is 440 g/mol. The van der Waals surface area contributed by atoms with Crippen LogP contribution in [0, 0.1) is 23.7 Å². The Labute approximate surface area is 214 Å². The number of rotatable bonds is 14. The first-order valence-corrected chi connectivity index (χ1v) is 14.0. The number of ether oxygens (including phenoxy) is 2. The predicted octanol–water partition coefficient (Wildman–Crippen LogP) is 7.18. The lowest BCUT2D eigenvalue weighted by Gasteiger charge is -2.38. The minimum atomic E-state index is -0.590. The van der Waals surface area contributed by atoms with Gasteiger partial charge in [0.05, 0.1) is 18.8 Å². The number of allylic oxidation sites excluding steroid dienone is 1. The quantitative estimate of drug-likeness (QED) is 0.0914. The Morgan fingerprint density at radius 2 is 1.51 bits per heavy atom. The molecule has 0 spiro atoms. The number of carbonyl (C=O) groups is 2.